The summed E-state index contributed by atoms with van der Waals surface area (Å²) in [4.78, 5) is 40.4. The van der Waals surface area contributed by atoms with Crippen LogP contribution < -0.4 is 0 Å². The highest BCUT2D eigenvalue weighted by molar-refractivity contribution is 6.40. The molecule has 2 bridgehead atoms. The first-order chi connectivity index (χ1) is 19.6. The van der Waals surface area contributed by atoms with Crippen LogP contribution in [0.15, 0.2) is 24.4 Å². The number of halogens is 5. The Balaban J connectivity index is 1.49. The van der Waals surface area contributed by atoms with Crippen LogP contribution in [0.1, 0.15) is 104 Å². The van der Waals surface area contributed by atoms with Gasteiger partial charge >= 0.3 is 12.1 Å². The number of carboxylic acids is 1. The van der Waals surface area contributed by atoms with Crippen LogP contribution >= 0.6 is 23.2 Å². The van der Waals surface area contributed by atoms with Gasteiger partial charge in [-0.15, -0.1) is 0 Å². The Labute approximate surface area is 252 Å². The SMILES string of the molecule is CC1(C(=O)O)CCC(n2ncc(C(=O)N(CC(=O)c3c(Cl)cccc3Cl)C[C@]34CC[C@@](C)(CC3)C4)c2C(F)(F)F)CC1. The minimum atomic E-state index is -4.91. The molecule has 1 aromatic carbocycles. The maximum Gasteiger partial charge on any atom is 0.433 e. The number of alkyl halides is 3. The van der Waals surface area contributed by atoms with Crippen molar-refractivity contribution in [1.29, 1.82) is 0 Å². The van der Waals surface area contributed by atoms with Crippen LogP contribution in [0.4, 0.5) is 13.2 Å². The van der Waals surface area contributed by atoms with Gasteiger partial charge in [0.1, 0.15) is 0 Å². The quantitative estimate of drug-likeness (QED) is 0.303. The predicted octanol–water partition coefficient (Wildman–Crippen LogP) is 7.71. The zero-order valence-electron chi connectivity index (χ0n) is 23.6. The molecule has 0 unspecified atom stereocenters. The van der Waals surface area contributed by atoms with E-state index in [1.807, 2.05) is 0 Å². The first-order valence-corrected chi connectivity index (χ1v) is 15.0. The fourth-order valence-electron chi connectivity index (χ4n) is 7.42. The number of nitrogens with zero attached hydrogens (tertiary/aromatic N) is 3. The predicted molar refractivity (Wildman–Crippen MR) is 151 cm³/mol. The topological polar surface area (TPSA) is 92.5 Å². The molecule has 12 heteroatoms. The van der Waals surface area contributed by atoms with E-state index in [0.717, 1.165) is 43.0 Å². The molecule has 0 spiro atoms. The Hall–Kier alpha value is -2.59. The van der Waals surface area contributed by atoms with E-state index in [1.165, 1.54) is 17.0 Å². The molecule has 3 fully saturated rings. The monoisotopic (exact) mass is 627 g/mol. The third-order valence-electron chi connectivity index (χ3n) is 9.92. The van der Waals surface area contributed by atoms with Crippen LogP contribution in [0.25, 0.3) is 0 Å². The third kappa shape index (κ3) is 5.68. The van der Waals surface area contributed by atoms with Gasteiger partial charge in [-0.3, -0.25) is 19.1 Å². The highest BCUT2D eigenvalue weighted by Crippen LogP contribution is 2.61. The van der Waals surface area contributed by atoms with Crippen molar-refractivity contribution >= 4 is 40.9 Å². The van der Waals surface area contributed by atoms with Crippen molar-refractivity contribution in [2.75, 3.05) is 13.1 Å². The summed E-state index contributed by atoms with van der Waals surface area (Å²) < 4.78 is 44.7. The Bertz CT molecular complexity index is 1390. The Morgan fingerprint density at radius 1 is 1.05 bits per heavy atom. The summed E-state index contributed by atoms with van der Waals surface area (Å²) in [7, 11) is 0. The molecule has 3 aliphatic carbocycles. The van der Waals surface area contributed by atoms with Crippen molar-refractivity contribution in [3.8, 4) is 0 Å². The van der Waals surface area contributed by atoms with E-state index < -0.39 is 53.1 Å². The van der Waals surface area contributed by atoms with E-state index in [2.05, 4.69) is 12.0 Å². The summed E-state index contributed by atoms with van der Waals surface area (Å²) >= 11 is 12.5. The summed E-state index contributed by atoms with van der Waals surface area (Å²) in [6.07, 6.45) is 1.16. The number of hydrogen-bond acceptors (Lipinski definition) is 4. The van der Waals surface area contributed by atoms with E-state index in [0.29, 0.717) is 0 Å². The Morgan fingerprint density at radius 2 is 1.64 bits per heavy atom. The lowest BCUT2D eigenvalue weighted by molar-refractivity contribution is -0.152. The van der Waals surface area contributed by atoms with Crippen molar-refractivity contribution in [3.05, 3.63) is 51.3 Å². The van der Waals surface area contributed by atoms with Gasteiger partial charge in [-0.2, -0.15) is 18.3 Å². The average molecular weight is 629 g/mol. The van der Waals surface area contributed by atoms with Gasteiger partial charge < -0.3 is 10.0 Å². The number of Topliss-reactive ketones (excluding diaryl/α,β-unsaturated/α-hetero) is 1. The number of carbonyl (C=O) groups excluding carboxylic acids is 2. The van der Waals surface area contributed by atoms with Crippen LogP contribution in [-0.2, 0) is 11.0 Å². The zero-order chi connectivity index (χ0) is 30.7. The van der Waals surface area contributed by atoms with E-state index in [4.69, 9.17) is 23.2 Å². The lowest BCUT2D eigenvalue weighted by Gasteiger charge is -2.35. The molecule has 7 nitrogen and oxygen atoms in total. The molecule has 1 aromatic heterocycles. The number of aromatic nitrogens is 2. The molecule has 5 rings (SSSR count). The van der Waals surface area contributed by atoms with Crippen molar-refractivity contribution in [2.45, 2.75) is 83.9 Å². The maximum absolute atomic E-state index is 14.6. The van der Waals surface area contributed by atoms with Gasteiger partial charge in [0.25, 0.3) is 5.91 Å². The maximum atomic E-state index is 14.6. The minimum absolute atomic E-state index is 0.0224. The number of fused-ring (bicyclic) bond motifs is 2. The van der Waals surface area contributed by atoms with Crippen LogP contribution in [0.3, 0.4) is 0 Å². The third-order valence-corrected chi connectivity index (χ3v) is 10.6. The first-order valence-electron chi connectivity index (χ1n) is 14.2. The molecule has 42 heavy (non-hydrogen) atoms. The highest BCUT2D eigenvalue weighted by atomic mass is 35.5. The van der Waals surface area contributed by atoms with E-state index in [1.54, 1.807) is 13.0 Å². The van der Waals surface area contributed by atoms with Gasteiger partial charge in [0, 0.05) is 6.54 Å². The summed E-state index contributed by atoms with van der Waals surface area (Å²) in [6, 6.07) is 3.86. The van der Waals surface area contributed by atoms with Crippen molar-refractivity contribution in [2.24, 2.45) is 16.2 Å². The fourth-order valence-corrected chi connectivity index (χ4v) is 8.03. The van der Waals surface area contributed by atoms with E-state index in [-0.39, 0.29) is 58.7 Å². The van der Waals surface area contributed by atoms with Gasteiger partial charge in [0.2, 0.25) is 0 Å². The molecule has 1 amide bonds. The Morgan fingerprint density at radius 3 is 2.14 bits per heavy atom. The second-order valence-electron chi connectivity index (χ2n) is 13.1. The second-order valence-corrected chi connectivity index (χ2v) is 13.9. The molecule has 2 aromatic rings. The molecular weight excluding hydrogens is 594 g/mol. The largest absolute Gasteiger partial charge is 0.481 e. The fraction of sp³-hybridized carbons (Fsp3) is 0.600. The van der Waals surface area contributed by atoms with Crippen LogP contribution in [0, 0.1) is 16.2 Å². The lowest BCUT2D eigenvalue weighted by Crippen LogP contribution is -2.43. The molecule has 0 atom stereocenters. The van der Waals surface area contributed by atoms with Crippen molar-refractivity contribution < 1.29 is 32.7 Å². The molecule has 1 N–H and O–H groups in total. The number of aliphatic carboxylic acids is 1. The summed E-state index contributed by atoms with van der Waals surface area (Å²) in [5.41, 5.74) is -2.96. The summed E-state index contributed by atoms with van der Waals surface area (Å²) in [6.45, 7) is 3.43. The molecule has 228 valence electrons. The zero-order valence-corrected chi connectivity index (χ0v) is 25.1. The van der Waals surface area contributed by atoms with Gasteiger partial charge in [0.15, 0.2) is 11.5 Å². The lowest BCUT2D eigenvalue weighted by atomic mass is 9.74. The number of benzene rings is 1. The molecular formula is C30H34Cl2F3N3O4. The normalized spacial score (nSPS) is 29.1. The standard InChI is InChI=1S/C30H34Cl2F3N3O4/c1-27-10-12-29(16-27,13-11-27)17-37(15-22(39)23-20(31)4-3-5-21(23)32)25(40)19-14-36-38(24(19)30(33,34)35)18-6-8-28(2,9-7-18)26(41)42/h3-5,14,18H,6-13,15-17H2,1-2H3,(H,41,42)/t18?,27-,28?,29+. The number of ketones is 1. The molecule has 3 saturated carbocycles. The van der Waals surface area contributed by atoms with Crippen LogP contribution in [-0.4, -0.2) is 50.5 Å². The van der Waals surface area contributed by atoms with Gasteiger partial charge in [-0.1, -0.05) is 36.2 Å². The average Bonchev–Trinajstić information content (AvgIpc) is 3.59. The van der Waals surface area contributed by atoms with E-state index >= 15 is 0 Å². The number of rotatable bonds is 8. The Kier molecular flexibility index (Phi) is 7.97. The van der Waals surface area contributed by atoms with Crippen molar-refractivity contribution in [3.63, 3.8) is 0 Å². The second kappa shape index (κ2) is 10.8. The molecule has 1 heterocycles. The van der Waals surface area contributed by atoms with Gasteiger partial charge in [-0.25, -0.2) is 0 Å². The minimum Gasteiger partial charge on any atom is -0.481 e. The van der Waals surface area contributed by atoms with Gasteiger partial charge in [-0.05, 0) is 87.7 Å². The van der Waals surface area contributed by atoms with Crippen LogP contribution in [0.2, 0.25) is 10.0 Å². The van der Waals surface area contributed by atoms with Crippen LogP contribution in [0.5, 0.6) is 0 Å². The summed E-state index contributed by atoms with van der Waals surface area (Å²) in [5, 5.41) is 13.8. The smallest absolute Gasteiger partial charge is 0.433 e. The highest BCUT2D eigenvalue weighted by Gasteiger charge is 2.53. The molecule has 0 saturated heterocycles. The van der Waals surface area contributed by atoms with Crippen molar-refractivity contribution in [1.82, 2.24) is 14.7 Å². The number of amides is 1. The first kappa shape index (κ1) is 30.9. The summed E-state index contributed by atoms with van der Waals surface area (Å²) in [5.74, 6) is -2.47. The molecule has 0 radical (unpaired) electrons. The molecule has 0 aliphatic heterocycles. The number of carbonyl (C=O) groups is 3. The number of hydrogen-bond donors (Lipinski definition) is 1. The number of carboxylic acid groups (broad SMARTS) is 1. The molecule has 3 aliphatic rings. The van der Waals surface area contributed by atoms with E-state index in [9.17, 15) is 32.7 Å². The van der Waals surface area contributed by atoms with Gasteiger partial charge in [0.05, 0.1) is 45.4 Å².